The number of hydrogen-bond acceptors (Lipinski definition) is 5. The molecule has 1 N–H and O–H groups in total. The molecule has 2 unspecified atom stereocenters. The number of carbonyl (C=O) groups excluding carboxylic acids is 2. The van der Waals surface area contributed by atoms with Crippen molar-refractivity contribution in [1.82, 2.24) is 0 Å². The Morgan fingerprint density at radius 1 is 0.645 bits per heavy atom. The molecule has 2 atom stereocenters. The van der Waals surface area contributed by atoms with Gasteiger partial charge in [0.1, 0.15) is 0 Å². The standard InChI is InChI=1S/C25H46O6/c1-4-6-8-10-12-14-16-18-30-24(28)21(3)22(20-23(26)27)25(29)31-19-17-15-13-11-9-7-5-2/h21-22H,4-20H2,1-3H3,(H,26,27). The molecule has 0 amide bonds. The van der Waals surface area contributed by atoms with E-state index in [4.69, 9.17) is 14.6 Å². The molecule has 0 heterocycles. The normalized spacial score (nSPS) is 12.9. The van der Waals surface area contributed by atoms with Crippen LogP contribution in [0.5, 0.6) is 0 Å². The Kier molecular flexibility index (Phi) is 19.3. The highest BCUT2D eigenvalue weighted by atomic mass is 16.5. The SMILES string of the molecule is CCCCCCCCCOC(=O)C(C)C(CC(=O)O)C(=O)OCCCCCCCCC. The number of esters is 2. The minimum absolute atomic E-state index is 0.266. The fraction of sp³-hybridized carbons (Fsp3) is 0.880. The summed E-state index contributed by atoms with van der Waals surface area (Å²) < 4.78 is 10.6. The minimum Gasteiger partial charge on any atom is -0.481 e. The van der Waals surface area contributed by atoms with Gasteiger partial charge in [0.2, 0.25) is 0 Å². The van der Waals surface area contributed by atoms with Crippen LogP contribution in [0, 0.1) is 11.8 Å². The fourth-order valence-electron chi connectivity index (χ4n) is 3.52. The molecule has 0 aliphatic rings. The van der Waals surface area contributed by atoms with Gasteiger partial charge in [-0.05, 0) is 12.8 Å². The number of ether oxygens (including phenoxy) is 2. The third-order valence-corrected chi connectivity index (χ3v) is 5.66. The first-order valence-electron chi connectivity index (χ1n) is 12.5. The maximum absolute atomic E-state index is 12.4. The molecule has 0 aromatic heterocycles. The average Bonchev–Trinajstić information content (AvgIpc) is 2.74. The molecule has 0 aliphatic heterocycles. The Hall–Kier alpha value is -1.59. The number of unbranched alkanes of at least 4 members (excludes halogenated alkanes) is 12. The Morgan fingerprint density at radius 2 is 1.03 bits per heavy atom. The van der Waals surface area contributed by atoms with E-state index in [1.807, 2.05) is 0 Å². The zero-order valence-corrected chi connectivity index (χ0v) is 20.2. The van der Waals surface area contributed by atoms with Crippen LogP contribution in [0.4, 0.5) is 0 Å². The molecule has 0 spiro atoms. The third kappa shape index (κ3) is 16.7. The molecule has 6 heteroatoms. The second-order valence-corrected chi connectivity index (χ2v) is 8.57. The number of hydrogen-bond donors (Lipinski definition) is 1. The summed E-state index contributed by atoms with van der Waals surface area (Å²) in [6.45, 7) is 6.49. The molecule has 0 rings (SSSR count). The van der Waals surface area contributed by atoms with E-state index >= 15 is 0 Å². The minimum atomic E-state index is -1.12. The van der Waals surface area contributed by atoms with E-state index in [1.54, 1.807) is 6.92 Å². The van der Waals surface area contributed by atoms with Crippen molar-refractivity contribution in [1.29, 1.82) is 0 Å². The quantitative estimate of drug-likeness (QED) is 0.166. The van der Waals surface area contributed by atoms with Crippen molar-refractivity contribution in [3.8, 4) is 0 Å². The Labute approximate surface area is 189 Å². The Balaban J connectivity index is 4.21. The highest BCUT2D eigenvalue weighted by molar-refractivity contribution is 5.85. The van der Waals surface area contributed by atoms with Crippen LogP contribution < -0.4 is 0 Å². The molecule has 182 valence electrons. The van der Waals surface area contributed by atoms with Crippen LogP contribution in [0.2, 0.25) is 0 Å². The number of carboxylic acids is 1. The molecule has 0 saturated heterocycles. The third-order valence-electron chi connectivity index (χ3n) is 5.66. The zero-order valence-electron chi connectivity index (χ0n) is 20.2. The number of aliphatic carboxylic acids is 1. The van der Waals surface area contributed by atoms with Crippen molar-refractivity contribution >= 4 is 17.9 Å². The van der Waals surface area contributed by atoms with Gasteiger partial charge in [-0.1, -0.05) is 97.8 Å². The summed E-state index contributed by atoms with van der Waals surface area (Å²) in [6.07, 6.45) is 15.1. The van der Waals surface area contributed by atoms with E-state index in [9.17, 15) is 14.4 Å². The van der Waals surface area contributed by atoms with Crippen molar-refractivity contribution in [2.24, 2.45) is 11.8 Å². The van der Waals surface area contributed by atoms with E-state index in [2.05, 4.69) is 13.8 Å². The molecule has 0 fully saturated rings. The van der Waals surface area contributed by atoms with Crippen molar-refractivity contribution in [3.63, 3.8) is 0 Å². The lowest BCUT2D eigenvalue weighted by molar-refractivity contribution is -0.162. The van der Waals surface area contributed by atoms with Gasteiger partial charge in [-0.25, -0.2) is 0 Å². The van der Waals surface area contributed by atoms with Crippen LogP contribution in [0.3, 0.4) is 0 Å². The first-order valence-corrected chi connectivity index (χ1v) is 12.5. The van der Waals surface area contributed by atoms with Crippen molar-refractivity contribution in [3.05, 3.63) is 0 Å². The van der Waals surface area contributed by atoms with E-state index in [0.717, 1.165) is 38.5 Å². The Bertz CT molecular complexity index is 477. The summed E-state index contributed by atoms with van der Waals surface area (Å²) in [4.78, 5) is 35.9. The molecular weight excluding hydrogens is 396 g/mol. The van der Waals surface area contributed by atoms with Gasteiger partial charge in [-0.3, -0.25) is 14.4 Å². The maximum atomic E-state index is 12.4. The molecule has 0 aliphatic carbocycles. The lowest BCUT2D eigenvalue weighted by atomic mass is 9.91. The summed E-state index contributed by atoms with van der Waals surface area (Å²) in [5, 5.41) is 9.15. The van der Waals surface area contributed by atoms with Gasteiger partial charge in [0.25, 0.3) is 0 Å². The van der Waals surface area contributed by atoms with Crippen LogP contribution in [0.25, 0.3) is 0 Å². The highest BCUT2D eigenvalue weighted by Crippen LogP contribution is 2.20. The van der Waals surface area contributed by atoms with Crippen LogP contribution >= 0.6 is 0 Å². The lowest BCUT2D eigenvalue weighted by Gasteiger charge is -2.20. The van der Waals surface area contributed by atoms with E-state index in [0.29, 0.717) is 6.61 Å². The van der Waals surface area contributed by atoms with Gasteiger partial charge in [-0.2, -0.15) is 0 Å². The average molecular weight is 443 g/mol. The molecule has 0 radical (unpaired) electrons. The predicted octanol–water partition coefficient (Wildman–Crippen LogP) is 6.30. The summed E-state index contributed by atoms with van der Waals surface area (Å²) in [6, 6.07) is 0. The van der Waals surface area contributed by atoms with Gasteiger partial charge < -0.3 is 14.6 Å². The van der Waals surface area contributed by atoms with E-state index in [-0.39, 0.29) is 6.61 Å². The molecule has 0 bridgehead atoms. The summed E-state index contributed by atoms with van der Waals surface area (Å²) >= 11 is 0. The molecule has 6 nitrogen and oxygen atoms in total. The molecule has 31 heavy (non-hydrogen) atoms. The maximum Gasteiger partial charge on any atom is 0.310 e. The highest BCUT2D eigenvalue weighted by Gasteiger charge is 2.34. The predicted molar refractivity (Wildman–Crippen MR) is 123 cm³/mol. The van der Waals surface area contributed by atoms with E-state index < -0.39 is 36.2 Å². The second kappa shape index (κ2) is 20.3. The number of rotatable bonds is 21. The van der Waals surface area contributed by atoms with Crippen LogP contribution in [-0.4, -0.2) is 36.2 Å². The zero-order chi connectivity index (χ0) is 23.3. The van der Waals surface area contributed by atoms with Gasteiger partial charge in [0.05, 0.1) is 31.5 Å². The number of carboxylic acid groups (broad SMARTS) is 1. The molecule has 0 aromatic rings. The van der Waals surface area contributed by atoms with Crippen molar-refractivity contribution in [2.45, 2.75) is 117 Å². The smallest absolute Gasteiger partial charge is 0.310 e. The van der Waals surface area contributed by atoms with Gasteiger partial charge in [0.15, 0.2) is 0 Å². The van der Waals surface area contributed by atoms with Gasteiger partial charge >= 0.3 is 17.9 Å². The van der Waals surface area contributed by atoms with Crippen LogP contribution in [0.15, 0.2) is 0 Å². The lowest BCUT2D eigenvalue weighted by Crippen LogP contribution is -2.32. The topological polar surface area (TPSA) is 89.9 Å². The van der Waals surface area contributed by atoms with Crippen LogP contribution in [0.1, 0.15) is 117 Å². The first kappa shape index (κ1) is 29.4. The Morgan fingerprint density at radius 3 is 1.45 bits per heavy atom. The van der Waals surface area contributed by atoms with Gasteiger partial charge in [0, 0.05) is 0 Å². The summed E-state index contributed by atoms with van der Waals surface area (Å²) in [5.41, 5.74) is 0. The largest absolute Gasteiger partial charge is 0.481 e. The van der Waals surface area contributed by atoms with Crippen molar-refractivity contribution < 1.29 is 29.0 Å². The van der Waals surface area contributed by atoms with Crippen LogP contribution in [-0.2, 0) is 23.9 Å². The fourth-order valence-corrected chi connectivity index (χ4v) is 3.52. The molecule has 0 aromatic carbocycles. The first-order chi connectivity index (χ1) is 14.9. The molecule has 0 saturated carbocycles. The van der Waals surface area contributed by atoms with Crippen molar-refractivity contribution in [2.75, 3.05) is 13.2 Å². The molecular formula is C25H46O6. The number of carbonyl (C=O) groups is 3. The monoisotopic (exact) mass is 442 g/mol. The van der Waals surface area contributed by atoms with Gasteiger partial charge in [-0.15, -0.1) is 0 Å². The van der Waals surface area contributed by atoms with E-state index in [1.165, 1.54) is 51.4 Å². The summed E-state index contributed by atoms with van der Waals surface area (Å²) in [5.74, 6) is -4.10. The summed E-state index contributed by atoms with van der Waals surface area (Å²) in [7, 11) is 0. The second-order valence-electron chi connectivity index (χ2n) is 8.57.